The van der Waals surface area contributed by atoms with Crippen LogP contribution in [-0.2, 0) is 4.79 Å². The number of aromatic carboxylic acids is 2. The van der Waals surface area contributed by atoms with Crippen molar-refractivity contribution in [3.05, 3.63) is 28.3 Å². The topological polar surface area (TPSA) is 104 Å². The molecular weight excluding hydrogens is 358 g/mol. The molecule has 156 valence electrons. The molecule has 0 aliphatic carbocycles. The molecular formula is C22H33NO5. The zero-order valence-corrected chi connectivity index (χ0v) is 17.4. The number of carbonyl (C=O) groups is 3. The monoisotopic (exact) mass is 391 g/mol. The third-order valence-electron chi connectivity index (χ3n) is 5.23. The summed E-state index contributed by atoms with van der Waals surface area (Å²) in [5, 5.41) is 21.7. The molecule has 1 atom stereocenters. The Bertz CT molecular complexity index is 711. The van der Waals surface area contributed by atoms with Gasteiger partial charge in [-0.05, 0) is 43.9 Å². The fraction of sp³-hybridized carbons (Fsp3) is 0.591. The molecule has 0 fully saturated rings. The number of carbonyl (C=O) groups excluding carboxylic acids is 1. The van der Waals surface area contributed by atoms with Crippen LogP contribution in [-0.4, -0.2) is 28.1 Å². The van der Waals surface area contributed by atoms with E-state index in [1.165, 1.54) is 13.0 Å². The Morgan fingerprint density at radius 3 is 2.04 bits per heavy atom. The number of carboxylic acids is 2. The normalized spacial score (nSPS) is 11.9. The van der Waals surface area contributed by atoms with Gasteiger partial charge in [-0.25, -0.2) is 9.59 Å². The molecule has 1 aromatic carbocycles. The lowest BCUT2D eigenvalue weighted by atomic mass is 9.93. The lowest BCUT2D eigenvalue weighted by Gasteiger charge is -2.19. The molecule has 1 aromatic rings. The molecule has 28 heavy (non-hydrogen) atoms. The lowest BCUT2D eigenvalue weighted by Crippen LogP contribution is -2.24. The van der Waals surface area contributed by atoms with E-state index in [1.807, 2.05) is 0 Å². The predicted octanol–water partition coefficient (Wildman–Crippen LogP) is 5.42. The fourth-order valence-electron chi connectivity index (χ4n) is 3.49. The molecule has 3 N–H and O–H groups in total. The van der Waals surface area contributed by atoms with Crippen molar-refractivity contribution >= 4 is 23.5 Å². The first-order chi connectivity index (χ1) is 13.2. The van der Waals surface area contributed by atoms with Crippen LogP contribution in [0.4, 0.5) is 5.69 Å². The zero-order chi connectivity index (χ0) is 21.3. The number of carboxylic acid groups (broad SMARTS) is 2. The minimum atomic E-state index is -1.21. The first-order valence-corrected chi connectivity index (χ1v) is 10.2. The van der Waals surface area contributed by atoms with Gasteiger partial charge < -0.3 is 15.5 Å². The molecule has 0 bridgehead atoms. The summed E-state index contributed by atoms with van der Waals surface area (Å²) in [5.74, 6) is -2.73. The van der Waals surface area contributed by atoms with Gasteiger partial charge in [0.15, 0.2) is 0 Å². The number of anilines is 1. The van der Waals surface area contributed by atoms with Crippen molar-refractivity contribution in [1.29, 1.82) is 0 Å². The molecule has 0 heterocycles. The highest BCUT2D eigenvalue weighted by Gasteiger charge is 2.24. The maximum absolute atomic E-state index is 12.9. The number of rotatable bonds is 12. The van der Waals surface area contributed by atoms with Crippen LogP contribution in [0.1, 0.15) is 97.1 Å². The molecule has 0 saturated carbocycles. The van der Waals surface area contributed by atoms with Crippen molar-refractivity contribution in [2.75, 3.05) is 5.32 Å². The Morgan fingerprint density at radius 2 is 1.50 bits per heavy atom. The third kappa shape index (κ3) is 6.36. The van der Waals surface area contributed by atoms with Crippen LogP contribution in [0, 0.1) is 19.8 Å². The molecule has 0 radical (unpaired) electrons. The van der Waals surface area contributed by atoms with E-state index in [1.54, 1.807) is 6.92 Å². The lowest BCUT2D eigenvalue weighted by molar-refractivity contribution is -0.120. The van der Waals surface area contributed by atoms with Crippen LogP contribution in [0.2, 0.25) is 0 Å². The van der Waals surface area contributed by atoms with Crippen LogP contribution in [0.3, 0.4) is 0 Å². The van der Waals surface area contributed by atoms with Gasteiger partial charge in [-0.2, -0.15) is 0 Å². The van der Waals surface area contributed by atoms with Gasteiger partial charge in [0.2, 0.25) is 5.91 Å². The molecule has 0 spiro atoms. The standard InChI is InChI=1S/C22H33NO5/c1-5-7-9-10-12-16(11-8-6-2)20(24)23-18-13-17(21(25)26)14(3)19(15(18)4)22(27)28/h13,16H,5-12H2,1-4H3,(H,23,24)(H,25,26)(H,27,28). The number of nitrogens with one attached hydrogen (secondary N) is 1. The molecule has 1 rings (SSSR count). The molecule has 0 aromatic heterocycles. The quantitative estimate of drug-likeness (QED) is 0.413. The van der Waals surface area contributed by atoms with Crippen LogP contribution >= 0.6 is 0 Å². The first kappa shape index (κ1) is 23.7. The van der Waals surface area contributed by atoms with Gasteiger partial charge in [0.1, 0.15) is 0 Å². The van der Waals surface area contributed by atoms with E-state index in [2.05, 4.69) is 19.2 Å². The largest absolute Gasteiger partial charge is 0.478 e. The molecule has 1 amide bonds. The highest BCUT2D eigenvalue weighted by atomic mass is 16.4. The van der Waals surface area contributed by atoms with E-state index >= 15 is 0 Å². The van der Waals surface area contributed by atoms with Gasteiger partial charge in [0.25, 0.3) is 0 Å². The van der Waals surface area contributed by atoms with Crippen molar-refractivity contribution in [2.45, 2.75) is 79.1 Å². The minimum Gasteiger partial charge on any atom is -0.478 e. The van der Waals surface area contributed by atoms with Gasteiger partial charge in [0, 0.05) is 11.6 Å². The SMILES string of the molecule is CCCCCCC(CCCC)C(=O)Nc1cc(C(=O)O)c(C)c(C(=O)O)c1C. The van der Waals surface area contributed by atoms with Crippen molar-refractivity contribution in [2.24, 2.45) is 5.92 Å². The molecule has 0 aliphatic rings. The second kappa shape index (κ2) is 11.5. The number of hydrogen-bond donors (Lipinski definition) is 3. The predicted molar refractivity (Wildman–Crippen MR) is 110 cm³/mol. The van der Waals surface area contributed by atoms with E-state index < -0.39 is 11.9 Å². The molecule has 1 unspecified atom stereocenters. The second-order valence-electron chi connectivity index (χ2n) is 7.38. The summed E-state index contributed by atoms with van der Waals surface area (Å²) < 4.78 is 0. The third-order valence-corrected chi connectivity index (χ3v) is 5.23. The van der Waals surface area contributed by atoms with Crippen molar-refractivity contribution in [3.63, 3.8) is 0 Å². The van der Waals surface area contributed by atoms with Crippen LogP contribution in [0.25, 0.3) is 0 Å². The Hall–Kier alpha value is -2.37. The molecule has 0 aliphatic heterocycles. The van der Waals surface area contributed by atoms with E-state index in [4.69, 9.17) is 0 Å². The van der Waals surface area contributed by atoms with Crippen molar-refractivity contribution in [3.8, 4) is 0 Å². The Kier molecular flexibility index (Phi) is 9.69. The highest BCUT2D eigenvalue weighted by Crippen LogP contribution is 2.28. The Labute approximate surface area is 167 Å². The van der Waals surface area contributed by atoms with E-state index in [-0.39, 0.29) is 34.2 Å². The maximum atomic E-state index is 12.9. The van der Waals surface area contributed by atoms with E-state index in [0.717, 1.165) is 51.4 Å². The number of unbranched alkanes of at least 4 members (excludes halogenated alkanes) is 4. The van der Waals surface area contributed by atoms with Crippen LogP contribution < -0.4 is 5.32 Å². The summed E-state index contributed by atoms with van der Waals surface area (Å²) in [6.07, 6.45) is 7.83. The van der Waals surface area contributed by atoms with E-state index in [9.17, 15) is 24.6 Å². The second-order valence-corrected chi connectivity index (χ2v) is 7.38. The van der Waals surface area contributed by atoms with Crippen LogP contribution in [0.15, 0.2) is 6.07 Å². The Morgan fingerprint density at radius 1 is 0.893 bits per heavy atom. The Balaban J connectivity index is 3.12. The number of amides is 1. The van der Waals surface area contributed by atoms with Gasteiger partial charge in [-0.3, -0.25) is 4.79 Å². The zero-order valence-electron chi connectivity index (χ0n) is 17.4. The molecule has 0 saturated heterocycles. The van der Waals surface area contributed by atoms with Crippen molar-refractivity contribution in [1.82, 2.24) is 0 Å². The first-order valence-electron chi connectivity index (χ1n) is 10.2. The van der Waals surface area contributed by atoms with Gasteiger partial charge in [-0.1, -0.05) is 52.4 Å². The average Bonchev–Trinajstić information content (AvgIpc) is 2.62. The average molecular weight is 392 g/mol. The summed E-state index contributed by atoms with van der Waals surface area (Å²) >= 11 is 0. The minimum absolute atomic E-state index is 0.0664. The van der Waals surface area contributed by atoms with Gasteiger partial charge in [-0.15, -0.1) is 0 Å². The van der Waals surface area contributed by atoms with Gasteiger partial charge in [0.05, 0.1) is 11.1 Å². The fourth-order valence-corrected chi connectivity index (χ4v) is 3.49. The number of benzene rings is 1. The number of hydrogen-bond acceptors (Lipinski definition) is 3. The smallest absolute Gasteiger partial charge is 0.336 e. The highest BCUT2D eigenvalue weighted by molar-refractivity contribution is 6.02. The summed E-state index contributed by atoms with van der Waals surface area (Å²) in [6.45, 7) is 7.29. The summed E-state index contributed by atoms with van der Waals surface area (Å²) in [5.41, 5.74) is 0.663. The van der Waals surface area contributed by atoms with Crippen molar-refractivity contribution < 1.29 is 24.6 Å². The molecule has 6 heteroatoms. The maximum Gasteiger partial charge on any atom is 0.336 e. The summed E-state index contributed by atoms with van der Waals surface area (Å²) in [7, 11) is 0. The summed E-state index contributed by atoms with van der Waals surface area (Å²) in [4.78, 5) is 36.0. The summed E-state index contributed by atoms with van der Waals surface area (Å²) in [6, 6.07) is 1.37. The van der Waals surface area contributed by atoms with E-state index in [0.29, 0.717) is 5.56 Å². The molecule has 6 nitrogen and oxygen atoms in total. The van der Waals surface area contributed by atoms with Gasteiger partial charge >= 0.3 is 11.9 Å². The van der Waals surface area contributed by atoms with Crippen LogP contribution in [0.5, 0.6) is 0 Å².